The highest BCUT2D eigenvalue weighted by Gasteiger charge is 2.17. The molecule has 1 N–H and O–H groups in total. The number of thiazole rings is 1. The Labute approximate surface area is 159 Å². The SMILES string of the molecule is CN=C(NCC(C)Cc1cccs1)N(C)Cc1nc2c(s1)CCCC2. The first-order chi connectivity index (χ1) is 12.2. The Hall–Kier alpha value is -1.40. The standard InChI is InChI=1S/C19H28N4S2/c1-14(11-15-7-6-10-24-15)12-21-19(20-2)23(3)13-18-22-16-8-4-5-9-17(16)25-18/h6-7,10,14H,4-5,8-9,11-13H2,1-3H3,(H,20,21). The van der Waals surface area contributed by atoms with Crippen molar-refractivity contribution in [3.63, 3.8) is 0 Å². The molecule has 0 aliphatic heterocycles. The normalized spacial score (nSPS) is 15.7. The van der Waals surface area contributed by atoms with Gasteiger partial charge in [0.2, 0.25) is 0 Å². The molecule has 0 saturated heterocycles. The van der Waals surface area contributed by atoms with Gasteiger partial charge in [-0.1, -0.05) is 13.0 Å². The van der Waals surface area contributed by atoms with Crippen LogP contribution in [-0.2, 0) is 25.8 Å². The summed E-state index contributed by atoms with van der Waals surface area (Å²) in [4.78, 5) is 14.4. The van der Waals surface area contributed by atoms with Crippen LogP contribution in [0.2, 0.25) is 0 Å². The maximum absolute atomic E-state index is 4.85. The number of nitrogens with zero attached hydrogens (tertiary/aromatic N) is 3. The molecule has 25 heavy (non-hydrogen) atoms. The highest BCUT2D eigenvalue weighted by Crippen LogP contribution is 2.27. The van der Waals surface area contributed by atoms with Gasteiger partial charge in [-0.15, -0.1) is 22.7 Å². The van der Waals surface area contributed by atoms with Crippen molar-refractivity contribution in [2.75, 3.05) is 20.6 Å². The van der Waals surface area contributed by atoms with Gasteiger partial charge in [0.15, 0.2) is 5.96 Å². The molecule has 2 heterocycles. The minimum atomic E-state index is 0.580. The third kappa shape index (κ3) is 5.05. The smallest absolute Gasteiger partial charge is 0.193 e. The van der Waals surface area contributed by atoms with Gasteiger partial charge in [0.1, 0.15) is 5.01 Å². The first kappa shape index (κ1) is 18.4. The largest absolute Gasteiger partial charge is 0.356 e. The van der Waals surface area contributed by atoms with Crippen LogP contribution in [0, 0.1) is 5.92 Å². The number of nitrogens with one attached hydrogen (secondary N) is 1. The molecule has 1 aliphatic rings. The lowest BCUT2D eigenvalue weighted by molar-refractivity contribution is 0.460. The Morgan fingerprint density at radius 3 is 2.96 bits per heavy atom. The second kappa shape index (κ2) is 8.81. The number of hydrogen-bond acceptors (Lipinski definition) is 4. The van der Waals surface area contributed by atoms with Crippen molar-refractivity contribution >= 4 is 28.6 Å². The average Bonchev–Trinajstić information content (AvgIpc) is 3.24. The summed E-state index contributed by atoms with van der Waals surface area (Å²) >= 11 is 3.72. The summed E-state index contributed by atoms with van der Waals surface area (Å²) < 4.78 is 0. The van der Waals surface area contributed by atoms with E-state index in [1.807, 2.05) is 29.7 Å². The molecule has 136 valence electrons. The Balaban J connectivity index is 1.50. The minimum Gasteiger partial charge on any atom is -0.356 e. The minimum absolute atomic E-state index is 0.580. The molecule has 0 spiro atoms. The summed E-state index contributed by atoms with van der Waals surface area (Å²) in [5, 5.41) is 6.88. The summed E-state index contributed by atoms with van der Waals surface area (Å²) in [7, 11) is 3.95. The lowest BCUT2D eigenvalue weighted by Gasteiger charge is -2.22. The van der Waals surface area contributed by atoms with Crippen molar-refractivity contribution < 1.29 is 0 Å². The molecule has 3 rings (SSSR count). The highest BCUT2D eigenvalue weighted by molar-refractivity contribution is 7.11. The Bertz CT molecular complexity index is 667. The first-order valence-electron chi connectivity index (χ1n) is 9.07. The zero-order valence-electron chi connectivity index (χ0n) is 15.4. The van der Waals surface area contributed by atoms with Crippen LogP contribution in [-0.4, -0.2) is 36.5 Å². The van der Waals surface area contributed by atoms with Crippen LogP contribution in [0.5, 0.6) is 0 Å². The van der Waals surface area contributed by atoms with Crippen LogP contribution in [0.1, 0.15) is 40.2 Å². The van der Waals surface area contributed by atoms with Gasteiger partial charge in [-0.2, -0.15) is 0 Å². The second-order valence-electron chi connectivity index (χ2n) is 6.86. The van der Waals surface area contributed by atoms with E-state index in [-0.39, 0.29) is 0 Å². The van der Waals surface area contributed by atoms with Gasteiger partial charge in [-0.05, 0) is 49.5 Å². The van der Waals surface area contributed by atoms with Crippen LogP contribution in [0.3, 0.4) is 0 Å². The van der Waals surface area contributed by atoms with Gasteiger partial charge < -0.3 is 10.2 Å². The van der Waals surface area contributed by atoms with Crippen molar-refractivity contribution in [3.05, 3.63) is 38.0 Å². The average molecular weight is 377 g/mol. The van der Waals surface area contributed by atoms with E-state index < -0.39 is 0 Å². The summed E-state index contributed by atoms with van der Waals surface area (Å²) in [6, 6.07) is 4.34. The number of rotatable bonds is 6. The predicted octanol–water partition coefficient (Wildman–Crippen LogP) is 3.97. The molecule has 0 saturated carbocycles. The molecule has 2 aromatic heterocycles. The van der Waals surface area contributed by atoms with Gasteiger partial charge in [-0.25, -0.2) is 4.98 Å². The number of aryl methyl sites for hydroxylation is 2. The fourth-order valence-electron chi connectivity index (χ4n) is 3.25. The number of aromatic nitrogens is 1. The zero-order valence-corrected chi connectivity index (χ0v) is 17.1. The highest BCUT2D eigenvalue weighted by atomic mass is 32.1. The van der Waals surface area contributed by atoms with Crippen molar-refractivity contribution in [2.24, 2.45) is 10.9 Å². The fraction of sp³-hybridized carbons (Fsp3) is 0.579. The summed E-state index contributed by atoms with van der Waals surface area (Å²) in [5.74, 6) is 1.53. The number of aliphatic imine (C=N–C) groups is 1. The van der Waals surface area contributed by atoms with Crippen LogP contribution in [0.25, 0.3) is 0 Å². The third-order valence-electron chi connectivity index (χ3n) is 4.57. The van der Waals surface area contributed by atoms with E-state index in [2.05, 4.69) is 46.7 Å². The van der Waals surface area contributed by atoms with E-state index in [1.165, 1.54) is 39.7 Å². The first-order valence-corrected chi connectivity index (χ1v) is 10.8. The molecule has 2 aromatic rings. The van der Waals surface area contributed by atoms with Crippen LogP contribution < -0.4 is 5.32 Å². The third-order valence-corrected chi connectivity index (χ3v) is 6.62. The maximum Gasteiger partial charge on any atom is 0.193 e. The number of thiophene rings is 1. The fourth-order valence-corrected chi connectivity index (χ4v) is 5.33. The van der Waals surface area contributed by atoms with Gasteiger partial charge in [0.25, 0.3) is 0 Å². The van der Waals surface area contributed by atoms with Crippen LogP contribution >= 0.6 is 22.7 Å². The molecule has 0 bridgehead atoms. The summed E-state index contributed by atoms with van der Waals surface area (Å²) in [6.45, 7) is 4.05. The summed E-state index contributed by atoms with van der Waals surface area (Å²) in [5.41, 5.74) is 1.34. The van der Waals surface area contributed by atoms with Crippen LogP contribution in [0.4, 0.5) is 0 Å². The molecule has 0 amide bonds. The lowest BCUT2D eigenvalue weighted by Crippen LogP contribution is -2.40. The van der Waals surface area contributed by atoms with Crippen LogP contribution in [0.15, 0.2) is 22.5 Å². The van der Waals surface area contributed by atoms with Gasteiger partial charge in [0, 0.05) is 30.4 Å². The van der Waals surface area contributed by atoms with Crippen molar-refractivity contribution in [1.82, 2.24) is 15.2 Å². The van der Waals surface area contributed by atoms with Crippen molar-refractivity contribution in [1.29, 1.82) is 0 Å². The van der Waals surface area contributed by atoms with E-state index >= 15 is 0 Å². The Morgan fingerprint density at radius 1 is 1.40 bits per heavy atom. The molecule has 0 radical (unpaired) electrons. The zero-order chi connectivity index (χ0) is 17.6. The molecule has 1 unspecified atom stereocenters. The van der Waals surface area contributed by atoms with Gasteiger partial charge >= 0.3 is 0 Å². The Kier molecular flexibility index (Phi) is 6.48. The quantitative estimate of drug-likeness (QED) is 0.613. The molecule has 4 nitrogen and oxygen atoms in total. The van der Waals surface area contributed by atoms with E-state index in [0.29, 0.717) is 5.92 Å². The van der Waals surface area contributed by atoms with E-state index in [1.54, 1.807) is 0 Å². The number of hydrogen-bond donors (Lipinski definition) is 1. The van der Waals surface area contributed by atoms with Gasteiger partial charge in [0.05, 0.1) is 12.2 Å². The molecule has 1 aliphatic carbocycles. The number of fused-ring (bicyclic) bond motifs is 1. The summed E-state index contributed by atoms with van der Waals surface area (Å²) in [6.07, 6.45) is 6.09. The lowest BCUT2D eigenvalue weighted by atomic mass is 10.0. The molecular formula is C19H28N4S2. The van der Waals surface area contributed by atoms with Crippen molar-refractivity contribution in [3.8, 4) is 0 Å². The number of guanidine groups is 1. The van der Waals surface area contributed by atoms with E-state index in [4.69, 9.17) is 4.98 Å². The predicted molar refractivity (Wildman–Crippen MR) is 109 cm³/mol. The van der Waals surface area contributed by atoms with Crippen molar-refractivity contribution in [2.45, 2.75) is 45.6 Å². The maximum atomic E-state index is 4.85. The molecule has 1 atom stereocenters. The van der Waals surface area contributed by atoms with E-state index in [9.17, 15) is 0 Å². The molecule has 0 fully saturated rings. The molecule has 6 heteroatoms. The molecule has 0 aromatic carbocycles. The second-order valence-corrected chi connectivity index (χ2v) is 9.06. The topological polar surface area (TPSA) is 40.5 Å². The Morgan fingerprint density at radius 2 is 2.24 bits per heavy atom. The molecular weight excluding hydrogens is 348 g/mol. The van der Waals surface area contributed by atoms with E-state index in [0.717, 1.165) is 31.9 Å². The van der Waals surface area contributed by atoms with Gasteiger partial charge in [-0.3, -0.25) is 4.99 Å². The monoisotopic (exact) mass is 376 g/mol.